The van der Waals surface area contributed by atoms with Gasteiger partial charge in [0.2, 0.25) is 0 Å². The molecule has 0 bridgehead atoms. The Bertz CT molecular complexity index is 643. The van der Waals surface area contributed by atoms with Gasteiger partial charge in [0.25, 0.3) is 0 Å². The predicted octanol–water partition coefficient (Wildman–Crippen LogP) is 5.16. The molecular formula is C20H30O2Si. The molecule has 2 rings (SSSR count). The first-order valence-electron chi connectivity index (χ1n) is 8.49. The lowest BCUT2D eigenvalue weighted by molar-refractivity contribution is 0.135. The summed E-state index contributed by atoms with van der Waals surface area (Å²) in [6.07, 6.45) is 1.03. The van der Waals surface area contributed by atoms with Crippen molar-refractivity contribution in [1.29, 1.82) is 0 Å². The van der Waals surface area contributed by atoms with Crippen molar-refractivity contribution in [3.63, 3.8) is 0 Å². The van der Waals surface area contributed by atoms with Crippen molar-refractivity contribution in [2.45, 2.75) is 57.8 Å². The Morgan fingerprint density at radius 1 is 1.04 bits per heavy atom. The van der Waals surface area contributed by atoms with E-state index < -0.39 is 8.32 Å². The van der Waals surface area contributed by atoms with E-state index in [1.165, 1.54) is 16.3 Å². The molecule has 0 heterocycles. The molecule has 23 heavy (non-hydrogen) atoms. The van der Waals surface area contributed by atoms with Crippen LogP contribution in [0.5, 0.6) is 0 Å². The quantitative estimate of drug-likeness (QED) is 0.742. The van der Waals surface area contributed by atoms with E-state index in [1.54, 1.807) is 0 Å². The maximum absolute atomic E-state index is 10.3. The third-order valence-electron chi connectivity index (χ3n) is 5.01. The predicted molar refractivity (Wildman–Crippen MR) is 101 cm³/mol. The minimum Gasteiger partial charge on any atom is -0.417 e. The van der Waals surface area contributed by atoms with Crippen molar-refractivity contribution in [1.82, 2.24) is 0 Å². The van der Waals surface area contributed by atoms with Gasteiger partial charge >= 0.3 is 0 Å². The van der Waals surface area contributed by atoms with Crippen LogP contribution in [-0.2, 0) is 10.8 Å². The standard InChI is InChI=1S/C20H30O2Si/c1-20(2,3)23(4,5)22-13-12-19(21)15-16-10-11-17-8-6-7-9-18(17)14-16/h6-11,14,19,21H,12-13,15H2,1-5H3. The van der Waals surface area contributed by atoms with Gasteiger partial charge in [0, 0.05) is 6.61 Å². The van der Waals surface area contributed by atoms with Crippen LogP contribution in [0.25, 0.3) is 10.8 Å². The largest absolute Gasteiger partial charge is 0.417 e. The third-order valence-corrected chi connectivity index (χ3v) is 9.54. The van der Waals surface area contributed by atoms with Gasteiger partial charge in [-0.3, -0.25) is 0 Å². The maximum atomic E-state index is 10.3. The normalized spacial score (nSPS) is 14.2. The van der Waals surface area contributed by atoms with Crippen LogP contribution in [0.3, 0.4) is 0 Å². The number of rotatable bonds is 6. The van der Waals surface area contributed by atoms with Crippen LogP contribution in [-0.4, -0.2) is 26.1 Å². The zero-order valence-electron chi connectivity index (χ0n) is 15.1. The number of fused-ring (bicyclic) bond motifs is 1. The summed E-state index contributed by atoms with van der Waals surface area (Å²) in [5.74, 6) is 0. The molecule has 0 aliphatic carbocycles. The van der Waals surface area contributed by atoms with E-state index in [2.05, 4.69) is 76.3 Å². The Labute approximate surface area is 141 Å². The lowest BCUT2D eigenvalue weighted by Crippen LogP contribution is -2.41. The van der Waals surface area contributed by atoms with Crippen LogP contribution in [0.2, 0.25) is 18.1 Å². The highest BCUT2D eigenvalue weighted by Crippen LogP contribution is 2.36. The second kappa shape index (κ2) is 7.16. The first kappa shape index (κ1) is 18.2. The fourth-order valence-corrected chi connectivity index (χ4v) is 3.47. The van der Waals surface area contributed by atoms with Gasteiger partial charge in [0.1, 0.15) is 0 Å². The van der Waals surface area contributed by atoms with E-state index in [0.717, 1.165) is 0 Å². The van der Waals surface area contributed by atoms with Crippen LogP contribution in [0, 0.1) is 0 Å². The number of aliphatic hydroxyl groups is 1. The smallest absolute Gasteiger partial charge is 0.191 e. The second-order valence-corrected chi connectivity index (χ2v) is 12.7. The Hall–Kier alpha value is -1.16. The summed E-state index contributed by atoms with van der Waals surface area (Å²) in [7, 11) is -1.71. The van der Waals surface area contributed by atoms with Crippen molar-refractivity contribution < 1.29 is 9.53 Å². The molecule has 2 nitrogen and oxygen atoms in total. The molecule has 0 aliphatic heterocycles. The highest BCUT2D eigenvalue weighted by Gasteiger charge is 2.36. The molecule has 0 amide bonds. The lowest BCUT2D eigenvalue weighted by Gasteiger charge is -2.36. The van der Waals surface area contributed by atoms with Crippen LogP contribution in [0.1, 0.15) is 32.8 Å². The number of aliphatic hydroxyl groups excluding tert-OH is 1. The molecule has 0 saturated heterocycles. The van der Waals surface area contributed by atoms with Crippen molar-refractivity contribution in [3.05, 3.63) is 48.0 Å². The molecule has 0 fully saturated rings. The zero-order valence-corrected chi connectivity index (χ0v) is 16.1. The average Bonchev–Trinajstić information content (AvgIpc) is 2.45. The van der Waals surface area contributed by atoms with Gasteiger partial charge in [-0.05, 0) is 47.3 Å². The minimum atomic E-state index is -1.71. The Kier molecular flexibility index (Phi) is 5.66. The summed E-state index contributed by atoms with van der Waals surface area (Å²) in [5.41, 5.74) is 1.18. The van der Waals surface area contributed by atoms with Gasteiger partial charge in [-0.2, -0.15) is 0 Å². The van der Waals surface area contributed by atoms with E-state index in [0.29, 0.717) is 19.4 Å². The van der Waals surface area contributed by atoms with Gasteiger partial charge in [-0.25, -0.2) is 0 Å². The highest BCUT2D eigenvalue weighted by atomic mass is 28.4. The number of benzene rings is 2. The fraction of sp³-hybridized carbons (Fsp3) is 0.500. The van der Waals surface area contributed by atoms with Gasteiger partial charge in [0.05, 0.1) is 6.10 Å². The van der Waals surface area contributed by atoms with Crippen LogP contribution >= 0.6 is 0 Å². The maximum Gasteiger partial charge on any atom is 0.191 e. The molecule has 1 atom stereocenters. The Morgan fingerprint density at radius 2 is 1.70 bits per heavy atom. The molecule has 1 unspecified atom stereocenters. The lowest BCUT2D eigenvalue weighted by atomic mass is 10.0. The second-order valence-electron chi connectivity index (χ2n) is 7.94. The first-order valence-corrected chi connectivity index (χ1v) is 11.4. The van der Waals surface area contributed by atoms with E-state index in [1.807, 2.05) is 0 Å². The van der Waals surface area contributed by atoms with Crippen molar-refractivity contribution in [3.8, 4) is 0 Å². The van der Waals surface area contributed by atoms with E-state index in [9.17, 15) is 5.11 Å². The first-order chi connectivity index (χ1) is 10.7. The summed E-state index contributed by atoms with van der Waals surface area (Å²) >= 11 is 0. The van der Waals surface area contributed by atoms with Gasteiger partial charge in [-0.15, -0.1) is 0 Å². The van der Waals surface area contributed by atoms with Gasteiger partial charge in [-0.1, -0.05) is 63.2 Å². The summed E-state index contributed by atoms with van der Waals surface area (Å²) in [6, 6.07) is 14.7. The molecule has 0 spiro atoms. The third kappa shape index (κ3) is 4.90. The summed E-state index contributed by atoms with van der Waals surface area (Å²) in [5, 5.41) is 13.0. The SMILES string of the molecule is CC(C)(C)[Si](C)(C)OCCC(O)Cc1ccc2ccccc2c1. The van der Waals surface area contributed by atoms with Crippen molar-refractivity contribution >= 4 is 19.1 Å². The van der Waals surface area contributed by atoms with Gasteiger partial charge < -0.3 is 9.53 Å². The summed E-state index contributed by atoms with van der Waals surface area (Å²) in [6.45, 7) is 11.9. The molecule has 0 aromatic heterocycles. The summed E-state index contributed by atoms with van der Waals surface area (Å²) < 4.78 is 6.15. The topological polar surface area (TPSA) is 29.5 Å². The molecule has 126 valence electrons. The van der Waals surface area contributed by atoms with Crippen molar-refractivity contribution in [2.75, 3.05) is 6.61 Å². The van der Waals surface area contributed by atoms with E-state index >= 15 is 0 Å². The average molecular weight is 331 g/mol. The number of hydrogen-bond acceptors (Lipinski definition) is 2. The van der Waals surface area contributed by atoms with Gasteiger partial charge in [0.15, 0.2) is 8.32 Å². The molecule has 0 saturated carbocycles. The molecule has 0 aliphatic rings. The molecular weight excluding hydrogens is 300 g/mol. The zero-order chi connectivity index (χ0) is 17.1. The molecule has 2 aromatic carbocycles. The molecule has 2 aromatic rings. The Morgan fingerprint density at radius 3 is 2.35 bits per heavy atom. The van der Waals surface area contributed by atoms with Crippen LogP contribution in [0.4, 0.5) is 0 Å². The molecule has 0 radical (unpaired) electrons. The van der Waals surface area contributed by atoms with Crippen LogP contribution in [0.15, 0.2) is 42.5 Å². The molecule has 3 heteroatoms. The molecule has 1 N–H and O–H groups in total. The summed E-state index contributed by atoms with van der Waals surface area (Å²) in [4.78, 5) is 0. The fourth-order valence-electron chi connectivity index (χ4n) is 2.41. The van der Waals surface area contributed by atoms with Crippen LogP contribution < -0.4 is 0 Å². The van der Waals surface area contributed by atoms with E-state index in [4.69, 9.17) is 4.43 Å². The van der Waals surface area contributed by atoms with E-state index in [-0.39, 0.29) is 11.1 Å². The highest BCUT2D eigenvalue weighted by molar-refractivity contribution is 6.74. The monoisotopic (exact) mass is 330 g/mol. The van der Waals surface area contributed by atoms with Crippen molar-refractivity contribution in [2.24, 2.45) is 0 Å². The number of hydrogen-bond donors (Lipinski definition) is 1. The Balaban J connectivity index is 1.88. The minimum absolute atomic E-state index is 0.219.